The van der Waals surface area contributed by atoms with Gasteiger partial charge in [-0.3, -0.25) is 0 Å². The first-order chi connectivity index (χ1) is 11.3. The Hall–Kier alpha value is -2.07. The number of methoxy groups -OCH3 is 1. The monoisotopic (exact) mass is 339 g/mol. The molecule has 4 heteroatoms. The van der Waals surface area contributed by atoms with Crippen LogP contribution in [0.25, 0.3) is 22.2 Å². The van der Waals surface area contributed by atoms with Gasteiger partial charge in [-0.15, -0.1) is 0 Å². The summed E-state index contributed by atoms with van der Waals surface area (Å²) in [6, 6.07) is 11.6. The third-order valence-corrected chi connectivity index (χ3v) is 7.51. The molecule has 0 amide bonds. The van der Waals surface area contributed by atoms with Crippen LogP contribution in [-0.4, -0.2) is 19.8 Å². The highest BCUT2D eigenvalue weighted by Crippen LogP contribution is 2.53. The second-order valence-electron chi connectivity index (χ2n) is 7.73. The Labute approximate surface area is 142 Å². The molecular formula is C20H22FNOSi. The minimum absolute atomic E-state index is 0.183. The van der Waals surface area contributed by atoms with Gasteiger partial charge in [0.05, 0.1) is 26.4 Å². The van der Waals surface area contributed by atoms with Gasteiger partial charge in [-0.05, 0) is 41.5 Å². The molecule has 0 fully saturated rings. The van der Waals surface area contributed by atoms with Crippen LogP contribution in [0.3, 0.4) is 0 Å². The zero-order valence-electron chi connectivity index (χ0n) is 14.8. The van der Waals surface area contributed by atoms with E-state index in [2.05, 4.69) is 42.4 Å². The van der Waals surface area contributed by atoms with Crippen molar-refractivity contribution in [1.29, 1.82) is 0 Å². The predicted octanol–water partition coefficient (Wildman–Crippen LogP) is 5.32. The Morgan fingerprint density at radius 3 is 2.50 bits per heavy atom. The number of halogens is 1. The van der Waals surface area contributed by atoms with Crippen LogP contribution in [0, 0.1) is 5.82 Å². The van der Waals surface area contributed by atoms with E-state index >= 15 is 0 Å². The highest BCUT2D eigenvalue weighted by molar-refractivity contribution is 6.78. The summed E-state index contributed by atoms with van der Waals surface area (Å²) >= 11 is 0. The predicted molar refractivity (Wildman–Crippen MR) is 100 cm³/mol. The number of nitrogens with zero attached hydrogens (tertiary/aromatic N) is 1. The summed E-state index contributed by atoms with van der Waals surface area (Å²) in [4.78, 5) is 0. The molecule has 2 nitrogen and oxygen atoms in total. The van der Waals surface area contributed by atoms with Gasteiger partial charge in [-0.2, -0.15) is 0 Å². The fourth-order valence-corrected chi connectivity index (χ4v) is 6.57. The summed E-state index contributed by atoms with van der Waals surface area (Å²) < 4.78 is 21.4. The third kappa shape index (κ3) is 1.99. The van der Waals surface area contributed by atoms with Gasteiger partial charge in [0.15, 0.2) is 0 Å². The van der Waals surface area contributed by atoms with Crippen LogP contribution in [0.5, 0.6) is 5.75 Å². The van der Waals surface area contributed by atoms with Gasteiger partial charge in [0.2, 0.25) is 0 Å². The summed E-state index contributed by atoms with van der Waals surface area (Å²) in [5, 5.41) is 1.18. The molecule has 1 aliphatic carbocycles. The molecule has 0 bridgehead atoms. The summed E-state index contributed by atoms with van der Waals surface area (Å²) in [6.07, 6.45) is 0. The molecule has 0 N–H and O–H groups in total. The molecule has 0 radical (unpaired) electrons. The van der Waals surface area contributed by atoms with E-state index in [1.54, 1.807) is 19.2 Å². The highest BCUT2D eigenvalue weighted by Gasteiger charge is 2.41. The Morgan fingerprint density at radius 1 is 1.08 bits per heavy atom. The maximum Gasteiger partial charge on any atom is 0.125 e. The minimum Gasteiger partial charge on any atom is -0.497 e. The molecule has 1 unspecified atom stereocenters. The van der Waals surface area contributed by atoms with Crippen molar-refractivity contribution in [2.75, 3.05) is 7.11 Å². The average molecular weight is 339 g/mol. The van der Waals surface area contributed by atoms with Crippen LogP contribution >= 0.6 is 0 Å². The van der Waals surface area contributed by atoms with Crippen molar-refractivity contribution in [3.05, 3.63) is 53.3 Å². The fourth-order valence-electron chi connectivity index (χ4n) is 4.23. The molecule has 4 rings (SSSR count). The van der Waals surface area contributed by atoms with Crippen LogP contribution in [-0.2, 0) is 7.05 Å². The van der Waals surface area contributed by atoms with Gasteiger partial charge in [0.25, 0.3) is 0 Å². The van der Waals surface area contributed by atoms with Crippen molar-refractivity contribution < 1.29 is 9.13 Å². The van der Waals surface area contributed by atoms with Crippen molar-refractivity contribution in [1.82, 2.24) is 4.57 Å². The summed E-state index contributed by atoms with van der Waals surface area (Å²) in [7, 11) is 2.22. The van der Waals surface area contributed by atoms with Crippen LogP contribution in [0.4, 0.5) is 4.39 Å². The summed E-state index contributed by atoms with van der Waals surface area (Å²) in [5.41, 5.74) is 6.60. The molecule has 1 heterocycles. The average Bonchev–Trinajstić information content (AvgIpc) is 3.00. The molecule has 124 valence electrons. The Kier molecular flexibility index (Phi) is 3.19. The number of rotatable bonds is 2. The van der Waals surface area contributed by atoms with Gasteiger partial charge in [-0.25, -0.2) is 4.39 Å². The quantitative estimate of drug-likeness (QED) is 0.577. The van der Waals surface area contributed by atoms with Gasteiger partial charge >= 0.3 is 0 Å². The van der Waals surface area contributed by atoms with Crippen molar-refractivity contribution >= 4 is 19.0 Å². The zero-order valence-corrected chi connectivity index (χ0v) is 15.8. The zero-order chi connectivity index (χ0) is 17.2. The normalized spacial score (nSPS) is 16.3. The first-order valence-electron chi connectivity index (χ1n) is 8.29. The van der Waals surface area contributed by atoms with Gasteiger partial charge in [-0.1, -0.05) is 25.7 Å². The van der Waals surface area contributed by atoms with Gasteiger partial charge in [0.1, 0.15) is 11.6 Å². The molecule has 3 aromatic rings. The topological polar surface area (TPSA) is 14.2 Å². The molecule has 1 aromatic heterocycles. The number of ether oxygens (including phenoxy) is 1. The van der Waals surface area contributed by atoms with E-state index in [-0.39, 0.29) is 5.82 Å². The molecule has 0 spiro atoms. The largest absolute Gasteiger partial charge is 0.497 e. The molecule has 0 aliphatic heterocycles. The van der Waals surface area contributed by atoms with Crippen LogP contribution in [0.2, 0.25) is 19.6 Å². The van der Waals surface area contributed by atoms with Crippen LogP contribution in [0.15, 0.2) is 36.4 Å². The highest BCUT2D eigenvalue weighted by atomic mass is 28.3. The van der Waals surface area contributed by atoms with Gasteiger partial charge in [0, 0.05) is 23.5 Å². The van der Waals surface area contributed by atoms with E-state index in [0.29, 0.717) is 5.54 Å². The summed E-state index contributed by atoms with van der Waals surface area (Å²) in [5.74, 6) is 0.685. The van der Waals surface area contributed by atoms with E-state index in [4.69, 9.17) is 4.74 Å². The smallest absolute Gasteiger partial charge is 0.125 e. The number of aryl methyl sites for hydroxylation is 1. The van der Waals surface area contributed by atoms with Crippen molar-refractivity contribution in [3.8, 4) is 17.0 Å². The molecule has 1 aliphatic rings. The second-order valence-corrected chi connectivity index (χ2v) is 13.0. The number of fused-ring (bicyclic) bond motifs is 5. The molecule has 1 atom stereocenters. The Balaban J connectivity index is 2.14. The third-order valence-electron chi connectivity index (χ3n) is 5.18. The van der Waals surface area contributed by atoms with Gasteiger partial charge < -0.3 is 9.30 Å². The molecular weight excluding hydrogens is 317 g/mol. The first-order valence-corrected chi connectivity index (χ1v) is 11.9. The number of hydrogen-bond acceptors (Lipinski definition) is 1. The molecule has 2 aromatic carbocycles. The maximum atomic E-state index is 13.8. The number of aromatic nitrogens is 1. The van der Waals surface area contributed by atoms with Crippen molar-refractivity contribution in [2.24, 2.45) is 7.05 Å². The van der Waals surface area contributed by atoms with E-state index < -0.39 is 8.07 Å². The van der Waals surface area contributed by atoms with E-state index in [9.17, 15) is 4.39 Å². The first kappa shape index (κ1) is 15.5. The lowest BCUT2D eigenvalue weighted by Gasteiger charge is -2.27. The van der Waals surface area contributed by atoms with E-state index in [1.807, 2.05) is 13.1 Å². The molecule has 0 saturated heterocycles. The lowest BCUT2D eigenvalue weighted by atomic mass is 10.1. The number of hydrogen-bond donors (Lipinski definition) is 0. The van der Waals surface area contributed by atoms with Crippen LogP contribution < -0.4 is 4.74 Å². The fraction of sp³-hybridized carbons (Fsp3) is 0.300. The second kappa shape index (κ2) is 4.96. The van der Waals surface area contributed by atoms with Crippen molar-refractivity contribution in [3.63, 3.8) is 0 Å². The lowest BCUT2D eigenvalue weighted by molar-refractivity contribution is 0.415. The minimum atomic E-state index is -1.52. The number of benzene rings is 2. The van der Waals surface area contributed by atoms with E-state index in [0.717, 1.165) is 11.3 Å². The molecule has 24 heavy (non-hydrogen) atoms. The lowest BCUT2D eigenvalue weighted by Crippen LogP contribution is -2.30. The SMILES string of the molecule is COc1ccc2c(c1)-c1c(c3ccc(F)cc3n1C)C2[Si](C)(C)C. The van der Waals surface area contributed by atoms with Crippen LogP contribution in [0.1, 0.15) is 16.7 Å². The standard InChI is InChI=1S/C20H22FNOSi/c1-22-17-10-12(21)6-8-15(17)18-19(22)16-11-13(23-2)7-9-14(16)20(18)24(3,4)5/h6-11,20H,1-5H3. The summed E-state index contributed by atoms with van der Waals surface area (Å²) in [6.45, 7) is 7.22. The van der Waals surface area contributed by atoms with Crippen molar-refractivity contribution in [2.45, 2.75) is 25.2 Å². The Morgan fingerprint density at radius 2 is 1.83 bits per heavy atom. The molecule has 0 saturated carbocycles. The Bertz CT molecular complexity index is 968. The maximum absolute atomic E-state index is 13.8. The van der Waals surface area contributed by atoms with E-state index in [1.165, 1.54) is 27.8 Å².